The fraction of sp³-hybridized carbons (Fsp3) is 0.308. The van der Waals surface area contributed by atoms with Gasteiger partial charge >= 0.3 is 0 Å². The Morgan fingerprint density at radius 2 is 1.00 bits per heavy atom. The van der Waals surface area contributed by atoms with Gasteiger partial charge < -0.3 is 4.74 Å². The van der Waals surface area contributed by atoms with Crippen LogP contribution in [0.5, 0.6) is 5.75 Å². The molecule has 0 fully saturated rings. The molecule has 0 unspecified atom stereocenters. The first kappa shape index (κ1) is 22.9. The van der Waals surface area contributed by atoms with Gasteiger partial charge in [0.25, 0.3) is 0 Å². The highest BCUT2D eigenvalue weighted by atomic mass is 19.1. The number of hydrogen-bond donors (Lipinski definition) is 0. The standard InChI is InChI=1S/C26H26F4O/c1-3-4-19-13-22(27)21(23(28)14-19)12-11-18-7-5-17(6-8-18)9-10-20-15-24(29)26(31-2)25(30)16-20/h5-8,13-16H,3-4,9-12H2,1-2H3. The maximum atomic E-state index is 14.3. The molecule has 0 aromatic heterocycles. The minimum Gasteiger partial charge on any atom is -0.491 e. The first-order valence-electron chi connectivity index (χ1n) is 10.5. The van der Waals surface area contributed by atoms with Gasteiger partial charge in [-0.2, -0.15) is 0 Å². The molecule has 0 heterocycles. The van der Waals surface area contributed by atoms with Crippen LogP contribution in [0.4, 0.5) is 17.6 Å². The van der Waals surface area contributed by atoms with Crippen LogP contribution in [0.3, 0.4) is 0 Å². The zero-order valence-electron chi connectivity index (χ0n) is 17.8. The van der Waals surface area contributed by atoms with Gasteiger partial charge in [0.15, 0.2) is 17.4 Å². The highest BCUT2D eigenvalue weighted by molar-refractivity contribution is 5.33. The summed E-state index contributed by atoms with van der Waals surface area (Å²) in [5, 5.41) is 0. The second-order valence-electron chi connectivity index (χ2n) is 7.70. The third-order valence-electron chi connectivity index (χ3n) is 5.39. The van der Waals surface area contributed by atoms with E-state index in [9.17, 15) is 17.6 Å². The van der Waals surface area contributed by atoms with Gasteiger partial charge in [0, 0.05) is 5.56 Å². The lowest BCUT2D eigenvalue weighted by atomic mass is 9.98. The van der Waals surface area contributed by atoms with E-state index in [4.69, 9.17) is 4.74 Å². The van der Waals surface area contributed by atoms with E-state index in [0.29, 0.717) is 36.8 Å². The maximum Gasteiger partial charge on any atom is 0.190 e. The van der Waals surface area contributed by atoms with E-state index in [1.165, 1.54) is 31.4 Å². The lowest BCUT2D eigenvalue weighted by molar-refractivity contribution is 0.359. The molecule has 0 aliphatic carbocycles. The molecule has 0 bridgehead atoms. The predicted molar refractivity (Wildman–Crippen MR) is 115 cm³/mol. The molecular weight excluding hydrogens is 404 g/mol. The van der Waals surface area contributed by atoms with E-state index < -0.39 is 23.3 Å². The van der Waals surface area contributed by atoms with E-state index in [1.807, 2.05) is 31.2 Å². The smallest absolute Gasteiger partial charge is 0.190 e. The number of ether oxygens (including phenoxy) is 1. The number of aryl methyl sites for hydroxylation is 4. The topological polar surface area (TPSA) is 9.23 Å². The molecule has 0 atom stereocenters. The SMILES string of the molecule is CCCc1cc(F)c(CCc2ccc(CCc3cc(F)c(OC)c(F)c3)cc2)c(F)c1. The molecule has 3 rings (SSSR count). The molecule has 3 aromatic rings. The van der Waals surface area contributed by atoms with Crippen molar-refractivity contribution in [3.05, 3.63) is 99.6 Å². The molecule has 1 nitrogen and oxygen atoms in total. The zero-order valence-corrected chi connectivity index (χ0v) is 17.8. The number of halogens is 4. The quantitative estimate of drug-likeness (QED) is 0.340. The summed E-state index contributed by atoms with van der Waals surface area (Å²) in [6.45, 7) is 1.97. The van der Waals surface area contributed by atoms with Gasteiger partial charge in [-0.1, -0.05) is 37.6 Å². The van der Waals surface area contributed by atoms with Crippen LogP contribution in [-0.2, 0) is 32.1 Å². The molecule has 5 heteroatoms. The van der Waals surface area contributed by atoms with Crippen LogP contribution in [0.2, 0.25) is 0 Å². The zero-order chi connectivity index (χ0) is 22.4. The highest BCUT2D eigenvalue weighted by Gasteiger charge is 2.13. The summed E-state index contributed by atoms with van der Waals surface area (Å²) in [6.07, 6.45) is 3.41. The second-order valence-corrected chi connectivity index (χ2v) is 7.70. The molecule has 0 radical (unpaired) electrons. The van der Waals surface area contributed by atoms with E-state index >= 15 is 0 Å². The van der Waals surface area contributed by atoms with E-state index in [-0.39, 0.29) is 17.7 Å². The lowest BCUT2D eigenvalue weighted by Gasteiger charge is -2.09. The Labute approximate surface area is 180 Å². The Morgan fingerprint density at radius 1 is 0.581 bits per heavy atom. The second kappa shape index (κ2) is 10.5. The Hall–Kier alpha value is -2.82. The molecule has 0 aliphatic rings. The predicted octanol–water partition coefficient (Wildman–Crippen LogP) is 6.77. The Morgan fingerprint density at radius 3 is 1.48 bits per heavy atom. The molecule has 0 saturated carbocycles. The van der Waals surface area contributed by atoms with Crippen molar-refractivity contribution >= 4 is 0 Å². The molecule has 0 N–H and O–H groups in total. The summed E-state index contributed by atoms with van der Waals surface area (Å²) in [4.78, 5) is 0. The molecule has 0 spiro atoms. The Kier molecular flexibility index (Phi) is 7.72. The normalized spacial score (nSPS) is 11.0. The van der Waals surface area contributed by atoms with Gasteiger partial charge in [-0.25, -0.2) is 17.6 Å². The van der Waals surface area contributed by atoms with E-state index in [0.717, 1.165) is 17.5 Å². The third-order valence-corrected chi connectivity index (χ3v) is 5.39. The summed E-state index contributed by atoms with van der Waals surface area (Å²) < 4.78 is 60.9. The fourth-order valence-electron chi connectivity index (χ4n) is 3.71. The summed E-state index contributed by atoms with van der Waals surface area (Å²) in [6, 6.07) is 13.1. The minimum absolute atomic E-state index is 0.118. The summed E-state index contributed by atoms with van der Waals surface area (Å²) in [7, 11) is 1.23. The van der Waals surface area contributed by atoms with Crippen molar-refractivity contribution in [2.24, 2.45) is 0 Å². The summed E-state index contributed by atoms with van der Waals surface area (Å²) in [5.41, 5.74) is 3.34. The maximum absolute atomic E-state index is 14.3. The average molecular weight is 430 g/mol. The monoisotopic (exact) mass is 430 g/mol. The first-order chi connectivity index (χ1) is 14.9. The van der Waals surface area contributed by atoms with Crippen LogP contribution in [0, 0.1) is 23.3 Å². The van der Waals surface area contributed by atoms with E-state index in [1.54, 1.807) is 0 Å². The van der Waals surface area contributed by atoms with Crippen molar-refractivity contribution in [2.75, 3.05) is 7.11 Å². The number of methoxy groups -OCH3 is 1. The number of hydrogen-bond acceptors (Lipinski definition) is 1. The van der Waals surface area contributed by atoms with Crippen LogP contribution in [-0.4, -0.2) is 7.11 Å². The number of rotatable bonds is 9. The molecule has 3 aromatic carbocycles. The van der Waals surface area contributed by atoms with Crippen LogP contribution < -0.4 is 4.74 Å². The lowest BCUT2D eigenvalue weighted by Crippen LogP contribution is -2.01. The molecule has 0 aliphatic heterocycles. The molecule has 164 valence electrons. The van der Waals surface area contributed by atoms with Gasteiger partial charge in [0.1, 0.15) is 11.6 Å². The van der Waals surface area contributed by atoms with Crippen LogP contribution >= 0.6 is 0 Å². The minimum atomic E-state index is -0.713. The molecular formula is C26H26F4O. The Balaban J connectivity index is 1.59. The average Bonchev–Trinajstić information content (AvgIpc) is 2.72. The third kappa shape index (κ3) is 5.87. The van der Waals surface area contributed by atoms with Crippen molar-refractivity contribution in [1.29, 1.82) is 0 Å². The largest absolute Gasteiger partial charge is 0.491 e. The van der Waals surface area contributed by atoms with Gasteiger partial charge in [0.2, 0.25) is 0 Å². The van der Waals surface area contributed by atoms with Crippen LogP contribution in [0.25, 0.3) is 0 Å². The molecule has 0 saturated heterocycles. The summed E-state index contributed by atoms with van der Waals surface area (Å²) in [5.74, 6) is -2.77. The van der Waals surface area contributed by atoms with Crippen molar-refractivity contribution in [3.8, 4) is 5.75 Å². The first-order valence-corrected chi connectivity index (χ1v) is 10.5. The summed E-state index contributed by atoms with van der Waals surface area (Å²) >= 11 is 0. The van der Waals surface area contributed by atoms with Crippen molar-refractivity contribution < 1.29 is 22.3 Å². The molecule has 31 heavy (non-hydrogen) atoms. The number of benzene rings is 3. The Bertz CT molecular complexity index is 982. The van der Waals surface area contributed by atoms with E-state index in [2.05, 4.69) is 0 Å². The van der Waals surface area contributed by atoms with Gasteiger partial charge in [-0.3, -0.25) is 0 Å². The van der Waals surface area contributed by atoms with Gasteiger partial charge in [-0.05, 0) is 78.6 Å². The highest BCUT2D eigenvalue weighted by Crippen LogP contribution is 2.24. The van der Waals surface area contributed by atoms with Gasteiger partial charge in [-0.15, -0.1) is 0 Å². The van der Waals surface area contributed by atoms with Crippen LogP contribution in [0.1, 0.15) is 41.2 Å². The van der Waals surface area contributed by atoms with Crippen molar-refractivity contribution in [1.82, 2.24) is 0 Å². The van der Waals surface area contributed by atoms with Gasteiger partial charge in [0.05, 0.1) is 7.11 Å². The van der Waals surface area contributed by atoms with Crippen LogP contribution in [0.15, 0.2) is 48.5 Å². The fourth-order valence-corrected chi connectivity index (χ4v) is 3.71. The van der Waals surface area contributed by atoms with Crippen molar-refractivity contribution in [3.63, 3.8) is 0 Å². The van der Waals surface area contributed by atoms with Crippen molar-refractivity contribution in [2.45, 2.75) is 45.4 Å². The molecule has 0 amide bonds.